The second-order valence-corrected chi connectivity index (χ2v) is 9.39. The van der Waals surface area contributed by atoms with Crippen molar-refractivity contribution in [3.8, 4) is 11.1 Å². The van der Waals surface area contributed by atoms with Crippen molar-refractivity contribution in [2.45, 2.75) is 63.5 Å². The topological polar surface area (TPSA) is 105 Å². The summed E-state index contributed by atoms with van der Waals surface area (Å²) in [5.41, 5.74) is 4.63. The van der Waals surface area contributed by atoms with Crippen molar-refractivity contribution in [2.24, 2.45) is 5.92 Å². The van der Waals surface area contributed by atoms with E-state index in [0.29, 0.717) is 0 Å². The van der Waals surface area contributed by atoms with E-state index in [-0.39, 0.29) is 43.2 Å². The first-order valence-electron chi connectivity index (χ1n) is 12.0. The first-order valence-corrected chi connectivity index (χ1v) is 12.0. The molecule has 2 aliphatic carbocycles. The van der Waals surface area contributed by atoms with Crippen LogP contribution in [-0.4, -0.2) is 41.8 Å². The van der Waals surface area contributed by atoms with E-state index >= 15 is 0 Å². The first-order chi connectivity index (χ1) is 16.4. The molecule has 2 aromatic rings. The number of hydrogen-bond donors (Lipinski definition) is 3. The van der Waals surface area contributed by atoms with Gasteiger partial charge in [-0.3, -0.25) is 9.59 Å². The SMILES string of the molecule is C[C@@H](CC(=O)NC1CCCCC1CC(=O)O)NC(=O)OCC1c2ccccc2-c2ccccc21. The third kappa shape index (κ3) is 5.58. The number of benzene rings is 2. The average molecular weight is 465 g/mol. The number of ether oxygens (including phenoxy) is 1. The second-order valence-electron chi connectivity index (χ2n) is 9.39. The molecular formula is C27H32N2O5. The predicted molar refractivity (Wildman–Crippen MR) is 128 cm³/mol. The molecule has 0 radical (unpaired) electrons. The summed E-state index contributed by atoms with van der Waals surface area (Å²) in [6, 6.07) is 15.8. The number of carbonyl (C=O) groups excluding carboxylic acids is 2. The zero-order valence-corrected chi connectivity index (χ0v) is 19.5. The van der Waals surface area contributed by atoms with Gasteiger partial charge in [-0.2, -0.15) is 0 Å². The molecule has 2 aromatic carbocycles. The standard InChI is InChI=1S/C27H32N2O5/c1-17(14-25(30)29-24-13-7-2-8-18(24)15-26(31)32)28-27(33)34-16-23-21-11-5-3-9-19(21)20-10-4-6-12-22(20)23/h3-6,9-12,17-18,23-24H,2,7-8,13-16H2,1H3,(H,28,33)(H,29,30)(H,31,32)/t17-,18?,24?/m0/s1. The number of alkyl carbamates (subject to hydrolysis) is 1. The summed E-state index contributed by atoms with van der Waals surface area (Å²) in [4.78, 5) is 36.1. The van der Waals surface area contributed by atoms with Crippen LogP contribution in [0.4, 0.5) is 4.79 Å². The van der Waals surface area contributed by atoms with Crippen molar-refractivity contribution in [1.29, 1.82) is 0 Å². The Morgan fingerprint density at radius 2 is 1.62 bits per heavy atom. The van der Waals surface area contributed by atoms with Gasteiger partial charge in [0.2, 0.25) is 5.91 Å². The molecule has 2 amide bonds. The van der Waals surface area contributed by atoms with Crippen LogP contribution < -0.4 is 10.6 Å². The van der Waals surface area contributed by atoms with E-state index in [1.54, 1.807) is 6.92 Å². The molecule has 0 heterocycles. The zero-order valence-electron chi connectivity index (χ0n) is 19.5. The molecule has 0 spiro atoms. The van der Waals surface area contributed by atoms with Crippen LogP contribution in [0.15, 0.2) is 48.5 Å². The fourth-order valence-electron chi connectivity index (χ4n) is 5.30. The predicted octanol–water partition coefficient (Wildman–Crippen LogP) is 4.45. The van der Waals surface area contributed by atoms with Crippen molar-refractivity contribution >= 4 is 18.0 Å². The smallest absolute Gasteiger partial charge is 0.407 e. The van der Waals surface area contributed by atoms with Crippen LogP contribution in [0.3, 0.4) is 0 Å². The molecule has 7 heteroatoms. The summed E-state index contributed by atoms with van der Waals surface area (Å²) in [6.07, 6.45) is 3.20. The van der Waals surface area contributed by atoms with Crippen LogP contribution in [0.25, 0.3) is 11.1 Å². The Morgan fingerprint density at radius 1 is 1.00 bits per heavy atom. The number of carbonyl (C=O) groups is 3. The Hall–Kier alpha value is -3.35. The maximum Gasteiger partial charge on any atom is 0.407 e. The van der Waals surface area contributed by atoms with E-state index in [2.05, 4.69) is 34.9 Å². The largest absolute Gasteiger partial charge is 0.481 e. The molecule has 0 aliphatic heterocycles. The monoisotopic (exact) mass is 464 g/mol. The first kappa shape index (κ1) is 23.8. The molecule has 4 rings (SSSR count). The summed E-state index contributed by atoms with van der Waals surface area (Å²) < 4.78 is 5.56. The second kappa shape index (κ2) is 10.7. The molecule has 3 atom stereocenters. The van der Waals surface area contributed by atoms with Crippen molar-refractivity contribution < 1.29 is 24.2 Å². The summed E-state index contributed by atoms with van der Waals surface area (Å²) in [6.45, 7) is 1.98. The minimum absolute atomic E-state index is 0.0192. The molecular weight excluding hydrogens is 432 g/mol. The van der Waals surface area contributed by atoms with Crippen LogP contribution >= 0.6 is 0 Å². The van der Waals surface area contributed by atoms with Gasteiger partial charge in [0.15, 0.2) is 0 Å². The normalized spacial score (nSPS) is 20.0. The van der Waals surface area contributed by atoms with Gasteiger partial charge in [0.05, 0.1) is 6.42 Å². The number of amides is 2. The van der Waals surface area contributed by atoms with Crippen LogP contribution in [0, 0.1) is 5.92 Å². The number of hydrogen-bond acceptors (Lipinski definition) is 4. The fraction of sp³-hybridized carbons (Fsp3) is 0.444. The van der Waals surface area contributed by atoms with Gasteiger partial charge in [0, 0.05) is 24.4 Å². The Balaban J connectivity index is 1.27. The Bertz CT molecular complexity index is 1010. The molecule has 0 aromatic heterocycles. The molecule has 2 aliphatic rings. The Morgan fingerprint density at radius 3 is 2.26 bits per heavy atom. The van der Waals surface area contributed by atoms with E-state index < -0.39 is 18.1 Å². The number of carboxylic acid groups (broad SMARTS) is 1. The summed E-state index contributed by atoms with van der Waals surface area (Å²) in [5, 5.41) is 14.9. The fourth-order valence-corrected chi connectivity index (χ4v) is 5.30. The number of aliphatic carboxylic acids is 1. The van der Waals surface area contributed by atoms with E-state index in [4.69, 9.17) is 9.84 Å². The summed E-state index contributed by atoms with van der Waals surface area (Å²) >= 11 is 0. The maximum absolute atomic E-state index is 12.5. The van der Waals surface area contributed by atoms with Gasteiger partial charge in [0.1, 0.15) is 6.61 Å². The highest BCUT2D eigenvalue weighted by atomic mass is 16.5. The Kier molecular flexibility index (Phi) is 7.50. The van der Waals surface area contributed by atoms with Gasteiger partial charge in [-0.15, -0.1) is 0 Å². The molecule has 0 saturated heterocycles. The lowest BCUT2D eigenvalue weighted by atomic mass is 9.82. The highest BCUT2D eigenvalue weighted by Crippen LogP contribution is 2.44. The number of rotatable bonds is 8. The molecule has 7 nitrogen and oxygen atoms in total. The van der Waals surface area contributed by atoms with Gasteiger partial charge in [0.25, 0.3) is 0 Å². The highest BCUT2D eigenvalue weighted by molar-refractivity contribution is 5.80. The molecule has 2 unspecified atom stereocenters. The minimum Gasteiger partial charge on any atom is -0.481 e. The van der Waals surface area contributed by atoms with Crippen LogP contribution in [0.1, 0.15) is 62.5 Å². The van der Waals surface area contributed by atoms with Gasteiger partial charge < -0.3 is 20.5 Å². The lowest BCUT2D eigenvalue weighted by Crippen LogP contribution is -2.45. The quantitative estimate of drug-likeness (QED) is 0.535. The number of fused-ring (bicyclic) bond motifs is 3. The van der Waals surface area contributed by atoms with Crippen molar-refractivity contribution in [2.75, 3.05) is 6.61 Å². The third-order valence-electron chi connectivity index (χ3n) is 6.89. The van der Waals surface area contributed by atoms with Crippen molar-refractivity contribution in [1.82, 2.24) is 10.6 Å². The van der Waals surface area contributed by atoms with Crippen LogP contribution in [0.5, 0.6) is 0 Å². The average Bonchev–Trinajstić information content (AvgIpc) is 3.12. The molecule has 1 saturated carbocycles. The summed E-state index contributed by atoms with van der Waals surface area (Å²) in [7, 11) is 0. The van der Waals surface area contributed by atoms with Gasteiger partial charge in [-0.05, 0) is 47.9 Å². The molecule has 1 fully saturated rings. The van der Waals surface area contributed by atoms with Crippen LogP contribution in [-0.2, 0) is 14.3 Å². The van der Waals surface area contributed by atoms with Crippen molar-refractivity contribution in [3.63, 3.8) is 0 Å². The number of nitrogens with one attached hydrogen (secondary N) is 2. The third-order valence-corrected chi connectivity index (χ3v) is 6.89. The van der Waals surface area contributed by atoms with E-state index in [9.17, 15) is 14.4 Å². The van der Waals surface area contributed by atoms with Crippen molar-refractivity contribution in [3.05, 3.63) is 59.7 Å². The van der Waals surface area contributed by atoms with Crippen LogP contribution in [0.2, 0.25) is 0 Å². The molecule has 0 bridgehead atoms. The van der Waals surface area contributed by atoms with E-state index in [1.807, 2.05) is 24.3 Å². The van der Waals surface area contributed by atoms with Gasteiger partial charge >= 0.3 is 12.1 Å². The molecule has 3 N–H and O–H groups in total. The maximum atomic E-state index is 12.5. The molecule has 180 valence electrons. The lowest BCUT2D eigenvalue weighted by molar-refractivity contribution is -0.139. The summed E-state index contributed by atoms with van der Waals surface area (Å²) in [5.74, 6) is -1.08. The Labute approximate surface area is 199 Å². The zero-order chi connectivity index (χ0) is 24.1. The van der Waals surface area contributed by atoms with E-state index in [1.165, 1.54) is 11.1 Å². The lowest BCUT2D eigenvalue weighted by Gasteiger charge is -2.31. The number of carboxylic acids is 1. The van der Waals surface area contributed by atoms with Gasteiger partial charge in [-0.1, -0.05) is 61.4 Å². The molecule has 34 heavy (non-hydrogen) atoms. The highest BCUT2D eigenvalue weighted by Gasteiger charge is 2.30. The van der Waals surface area contributed by atoms with E-state index in [0.717, 1.165) is 36.8 Å². The van der Waals surface area contributed by atoms with Gasteiger partial charge in [-0.25, -0.2) is 4.79 Å². The minimum atomic E-state index is -0.837.